The highest BCUT2D eigenvalue weighted by Gasteiger charge is 2.28. The molecule has 1 aliphatic rings. The molecule has 142 valence electrons. The summed E-state index contributed by atoms with van der Waals surface area (Å²) in [4.78, 5) is 14.4. The summed E-state index contributed by atoms with van der Waals surface area (Å²) in [6.07, 6.45) is 1.02. The number of nitrogens with one attached hydrogen (secondary N) is 2. The zero-order valence-corrected chi connectivity index (χ0v) is 15.8. The molecular formula is C19H17BrF3N3O. The Labute approximate surface area is 163 Å². The van der Waals surface area contributed by atoms with E-state index >= 15 is 0 Å². The Morgan fingerprint density at radius 1 is 1.04 bits per heavy atom. The standard InChI is InChI=1S/C19H17BrF3N3O/c20-14-9-12(1-3-15(14)21)25-19(24)18(27)11-5-7-26(8-6-11)13-2-4-16(22)17(23)10-13/h1-4,9-11H,5-8H2,(H2,24,25). The van der Waals surface area contributed by atoms with E-state index in [-0.39, 0.29) is 22.0 Å². The highest BCUT2D eigenvalue weighted by Crippen LogP contribution is 2.26. The molecule has 0 aromatic heterocycles. The molecule has 3 rings (SSSR count). The van der Waals surface area contributed by atoms with Crippen LogP contribution in [-0.2, 0) is 4.79 Å². The summed E-state index contributed by atoms with van der Waals surface area (Å²) in [5.74, 6) is -3.11. The summed E-state index contributed by atoms with van der Waals surface area (Å²) in [7, 11) is 0. The molecule has 2 aromatic rings. The number of hydrogen-bond donors (Lipinski definition) is 2. The zero-order chi connectivity index (χ0) is 19.6. The SMILES string of the molecule is N=C(Nc1ccc(F)c(Br)c1)C(=O)C1CCN(c2ccc(F)c(F)c2)CC1. The number of halogens is 4. The number of nitrogens with zero attached hydrogens (tertiary/aromatic N) is 1. The molecule has 0 radical (unpaired) electrons. The van der Waals surface area contributed by atoms with Crippen LogP contribution in [-0.4, -0.2) is 24.7 Å². The van der Waals surface area contributed by atoms with Gasteiger partial charge in [-0.1, -0.05) is 0 Å². The molecule has 0 spiro atoms. The minimum atomic E-state index is -0.901. The van der Waals surface area contributed by atoms with Crippen molar-refractivity contribution in [3.05, 3.63) is 58.3 Å². The molecule has 1 aliphatic heterocycles. The molecule has 4 nitrogen and oxygen atoms in total. The van der Waals surface area contributed by atoms with Crippen LogP contribution in [0.3, 0.4) is 0 Å². The van der Waals surface area contributed by atoms with E-state index in [1.807, 2.05) is 4.90 Å². The number of carbonyl (C=O) groups excluding carboxylic acids is 1. The molecule has 1 fully saturated rings. The highest BCUT2D eigenvalue weighted by molar-refractivity contribution is 9.10. The predicted octanol–water partition coefficient (Wildman–Crippen LogP) is 4.74. The Hall–Kier alpha value is -2.35. The number of rotatable bonds is 4. The van der Waals surface area contributed by atoms with Gasteiger partial charge < -0.3 is 10.2 Å². The van der Waals surface area contributed by atoms with Gasteiger partial charge in [-0.05, 0) is 59.1 Å². The number of piperidine rings is 1. The van der Waals surface area contributed by atoms with Gasteiger partial charge in [0.05, 0.1) is 4.47 Å². The number of Topliss-reactive ketones (excluding diaryl/α,β-unsaturated/α-hetero) is 1. The number of anilines is 2. The first-order chi connectivity index (χ1) is 12.8. The van der Waals surface area contributed by atoms with Crippen molar-refractivity contribution in [2.75, 3.05) is 23.3 Å². The number of amidine groups is 1. The summed E-state index contributed by atoms with van der Waals surface area (Å²) in [6.45, 7) is 1.02. The van der Waals surface area contributed by atoms with E-state index in [2.05, 4.69) is 21.2 Å². The quantitative estimate of drug-likeness (QED) is 0.534. The first-order valence-electron chi connectivity index (χ1n) is 8.40. The van der Waals surface area contributed by atoms with E-state index in [0.29, 0.717) is 37.3 Å². The Balaban J connectivity index is 1.58. The second-order valence-electron chi connectivity index (χ2n) is 6.35. The molecule has 27 heavy (non-hydrogen) atoms. The molecule has 0 unspecified atom stereocenters. The first kappa shape index (κ1) is 19.4. The summed E-state index contributed by atoms with van der Waals surface area (Å²) in [5.41, 5.74) is 1.02. The fourth-order valence-corrected chi connectivity index (χ4v) is 3.44. The van der Waals surface area contributed by atoms with Crippen LogP contribution in [0.1, 0.15) is 12.8 Å². The lowest BCUT2D eigenvalue weighted by molar-refractivity contribution is -0.117. The molecule has 0 aliphatic carbocycles. The van der Waals surface area contributed by atoms with Crippen molar-refractivity contribution in [2.24, 2.45) is 5.92 Å². The fourth-order valence-electron chi connectivity index (χ4n) is 3.07. The molecule has 1 heterocycles. The lowest BCUT2D eigenvalue weighted by Gasteiger charge is -2.33. The van der Waals surface area contributed by atoms with Crippen molar-refractivity contribution in [2.45, 2.75) is 12.8 Å². The van der Waals surface area contributed by atoms with Gasteiger partial charge in [-0.2, -0.15) is 0 Å². The van der Waals surface area contributed by atoms with Gasteiger partial charge in [0.25, 0.3) is 0 Å². The maximum absolute atomic E-state index is 13.4. The third-order valence-corrected chi connectivity index (χ3v) is 5.18. The van der Waals surface area contributed by atoms with Gasteiger partial charge >= 0.3 is 0 Å². The van der Waals surface area contributed by atoms with Crippen molar-refractivity contribution in [1.29, 1.82) is 5.41 Å². The van der Waals surface area contributed by atoms with E-state index < -0.39 is 17.5 Å². The normalized spacial score (nSPS) is 14.9. The zero-order valence-electron chi connectivity index (χ0n) is 14.2. The minimum Gasteiger partial charge on any atom is -0.371 e. The molecule has 0 amide bonds. The third kappa shape index (κ3) is 4.50. The average Bonchev–Trinajstić information content (AvgIpc) is 2.66. The van der Waals surface area contributed by atoms with Crippen molar-refractivity contribution in [1.82, 2.24) is 0 Å². The maximum Gasteiger partial charge on any atom is 0.200 e. The first-order valence-corrected chi connectivity index (χ1v) is 9.19. The lowest BCUT2D eigenvalue weighted by Crippen LogP contribution is -2.39. The van der Waals surface area contributed by atoms with E-state index in [4.69, 9.17) is 5.41 Å². The van der Waals surface area contributed by atoms with Crippen LogP contribution in [0.25, 0.3) is 0 Å². The predicted molar refractivity (Wildman–Crippen MR) is 102 cm³/mol. The van der Waals surface area contributed by atoms with Gasteiger partial charge in [0, 0.05) is 36.4 Å². The maximum atomic E-state index is 13.4. The smallest absolute Gasteiger partial charge is 0.200 e. The largest absolute Gasteiger partial charge is 0.371 e. The number of ketones is 1. The molecular weight excluding hydrogens is 423 g/mol. The highest BCUT2D eigenvalue weighted by atomic mass is 79.9. The molecule has 2 N–H and O–H groups in total. The van der Waals surface area contributed by atoms with E-state index in [9.17, 15) is 18.0 Å². The lowest BCUT2D eigenvalue weighted by atomic mass is 9.91. The van der Waals surface area contributed by atoms with Crippen molar-refractivity contribution in [3.63, 3.8) is 0 Å². The van der Waals surface area contributed by atoms with Gasteiger partial charge in [0.15, 0.2) is 17.5 Å². The second-order valence-corrected chi connectivity index (χ2v) is 7.21. The third-order valence-electron chi connectivity index (χ3n) is 4.57. The number of benzene rings is 2. The van der Waals surface area contributed by atoms with Crippen molar-refractivity contribution >= 4 is 38.9 Å². The van der Waals surface area contributed by atoms with Gasteiger partial charge in [-0.3, -0.25) is 10.2 Å². The minimum absolute atomic E-state index is 0.243. The van der Waals surface area contributed by atoms with Gasteiger partial charge in [0.1, 0.15) is 5.82 Å². The van der Waals surface area contributed by atoms with Crippen LogP contribution in [0, 0.1) is 28.8 Å². The van der Waals surface area contributed by atoms with Crippen LogP contribution in [0.15, 0.2) is 40.9 Å². The fraction of sp³-hybridized carbons (Fsp3) is 0.263. The van der Waals surface area contributed by atoms with E-state index in [1.54, 1.807) is 0 Å². The molecule has 8 heteroatoms. The molecule has 1 saturated heterocycles. The van der Waals surface area contributed by atoms with Gasteiger partial charge in [-0.15, -0.1) is 0 Å². The van der Waals surface area contributed by atoms with Crippen molar-refractivity contribution < 1.29 is 18.0 Å². The summed E-state index contributed by atoms with van der Waals surface area (Å²) >= 11 is 3.06. The van der Waals surface area contributed by atoms with Crippen LogP contribution >= 0.6 is 15.9 Å². The molecule has 0 saturated carbocycles. The van der Waals surface area contributed by atoms with Crippen molar-refractivity contribution in [3.8, 4) is 0 Å². The van der Waals surface area contributed by atoms with Gasteiger partial charge in [0.2, 0.25) is 5.78 Å². The van der Waals surface area contributed by atoms with Crippen LogP contribution in [0.5, 0.6) is 0 Å². The average molecular weight is 440 g/mol. The second kappa shape index (κ2) is 8.12. The summed E-state index contributed by atoms with van der Waals surface area (Å²) < 4.78 is 40.0. The van der Waals surface area contributed by atoms with Gasteiger partial charge in [-0.25, -0.2) is 13.2 Å². The van der Waals surface area contributed by atoms with E-state index in [0.717, 1.165) is 12.1 Å². The van der Waals surface area contributed by atoms with Crippen LogP contribution < -0.4 is 10.2 Å². The summed E-state index contributed by atoms with van der Waals surface area (Å²) in [5, 5.41) is 10.7. The number of carbonyl (C=O) groups is 1. The summed E-state index contributed by atoms with van der Waals surface area (Å²) in [6, 6.07) is 7.90. The molecule has 0 atom stereocenters. The Morgan fingerprint density at radius 2 is 1.70 bits per heavy atom. The van der Waals surface area contributed by atoms with Crippen LogP contribution in [0.4, 0.5) is 24.5 Å². The molecule has 2 aromatic carbocycles. The Morgan fingerprint density at radius 3 is 2.33 bits per heavy atom. The Kier molecular flexibility index (Phi) is 5.84. The van der Waals surface area contributed by atoms with E-state index in [1.165, 1.54) is 24.3 Å². The van der Waals surface area contributed by atoms with Crippen LogP contribution in [0.2, 0.25) is 0 Å². The Bertz CT molecular complexity index is 882. The topological polar surface area (TPSA) is 56.2 Å². The number of hydrogen-bond acceptors (Lipinski definition) is 3. The molecule has 0 bridgehead atoms. The monoisotopic (exact) mass is 439 g/mol.